The molecular formula is C26H24FN3O4. The zero-order valence-corrected chi connectivity index (χ0v) is 18.4. The lowest BCUT2D eigenvalue weighted by Gasteiger charge is -2.16. The van der Waals surface area contributed by atoms with Gasteiger partial charge in [0.25, 0.3) is 17.7 Å². The van der Waals surface area contributed by atoms with E-state index in [1.165, 1.54) is 18.2 Å². The van der Waals surface area contributed by atoms with Gasteiger partial charge in [-0.25, -0.2) is 4.39 Å². The quantitative estimate of drug-likeness (QED) is 0.548. The van der Waals surface area contributed by atoms with Crippen LogP contribution in [0.2, 0.25) is 0 Å². The standard InChI is InChI=1S/C26H24FN3O4/c27-21-11-2-3-12-22(21)29-24(31)17-34-23-13-4-1-10-20(23)25(32)28-19-9-7-8-18(16-19)26(33)30-14-5-6-15-30/h1-4,7-13,16H,5-6,14-15,17H2,(H,28,32)(H,29,31). The maximum atomic E-state index is 13.7. The Hall–Kier alpha value is -4.20. The molecule has 0 aliphatic carbocycles. The molecule has 0 atom stereocenters. The number of halogens is 1. The van der Waals surface area contributed by atoms with E-state index in [1.807, 2.05) is 0 Å². The highest BCUT2D eigenvalue weighted by Gasteiger charge is 2.20. The molecule has 0 bridgehead atoms. The molecule has 3 amide bonds. The summed E-state index contributed by atoms with van der Waals surface area (Å²) in [6, 6.07) is 19.1. The molecule has 0 saturated carbocycles. The Morgan fingerprint density at radius 2 is 1.62 bits per heavy atom. The topological polar surface area (TPSA) is 87.7 Å². The molecular weight excluding hydrogens is 437 g/mol. The van der Waals surface area contributed by atoms with Crippen LogP contribution in [0.3, 0.4) is 0 Å². The summed E-state index contributed by atoms with van der Waals surface area (Å²) in [6.45, 7) is 1.08. The minimum atomic E-state index is -0.562. The van der Waals surface area contributed by atoms with Crippen molar-refractivity contribution < 1.29 is 23.5 Å². The van der Waals surface area contributed by atoms with E-state index in [0.29, 0.717) is 11.3 Å². The summed E-state index contributed by atoms with van der Waals surface area (Å²) in [5.41, 5.74) is 1.25. The molecule has 1 fully saturated rings. The molecule has 0 radical (unpaired) electrons. The molecule has 4 rings (SSSR count). The van der Waals surface area contributed by atoms with Gasteiger partial charge in [-0.3, -0.25) is 14.4 Å². The third-order valence-electron chi connectivity index (χ3n) is 5.40. The van der Waals surface area contributed by atoms with Gasteiger partial charge in [0.15, 0.2) is 6.61 Å². The molecule has 0 spiro atoms. The molecule has 0 unspecified atom stereocenters. The number of ether oxygens (including phenoxy) is 1. The van der Waals surface area contributed by atoms with Gasteiger partial charge in [-0.2, -0.15) is 0 Å². The van der Waals surface area contributed by atoms with Crippen molar-refractivity contribution in [3.8, 4) is 5.75 Å². The minimum Gasteiger partial charge on any atom is -0.483 e. The highest BCUT2D eigenvalue weighted by molar-refractivity contribution is 6.07. The molecule has 2 N–H and O–H groups in total. The largest absolute Gasteiger partial charge is 0.483 e. The van der Waals surface area contributed by atoms with Crippen LogP contribution in [-0.4, -0.2) is 42.3 Å². The zero-order valence-electron chi connectivity index (χ0n) is 18.4. The van der Waals surface area contributed by atoms with E-state index in [2.05, 4.69) is 10.6 Å². The highest BCUT2D eigenvalue weighted by Crippen LogP contribution is 2.22. The van der Waals surface area contributed by atoms with Crippen LogP contribution in [0.15, 0.2) is 72.8 Å². The number of likely N-dealkylation sites (tertiary alicyclic amines) is 1. The number of nitrogens with one attached hydrogen (secondary N) is 2. The summed E-state index contributed by atoms with van der Waals surface area (Å²) >= 11 is 0. The van der Waals surface area contributed by atoms with E-state index in [9.17, 15) is 18.8 Å². The Kier molecular flexibility index (Phi) is 7.17. The average Bonchev–Trinajstić information content (AvgIpc) is 3.39. The third kappa shape index (κ3) is 5.58. The van der Waals surface area contributed by atoms with Gasteiger partial charge in [0.05, 0.1) is 11.3 Å². The first kappa shape index (κ1) is 23.0. The Labute approximate surface area is 196 Å². The number of rotatable bonds is 7. The van der Waals surface area contributed by atoms with Gasteiger partial charge < -0.3 is 20.3 Å². The van der Waals surface area contributed by atoms with Crippen LogP contribution in [0, 0.1) is 5.82 Å². The third-order valence-corrected chi connectivity index (χ3v) is 5.40. The predicted octanol–water partition coefficient (Wildman–Crippen LogP) is 4.33. The maximum Gasteiger partial charge on any atom is 0.262 e. The number of hydrogen-bond donors (Lipinski definition) is 2. The van der Waals surface area contributed by atoms with Crippen molar-refractivity contribution in [2.75, 3.05) is 30.3 Å². The van der Waals surface area contributed by atoms with Crippen molar-refractivity contribution in [2.45, 2.75) is 12.8 Å². The summed E-state index contributed by atoms with van der Waals surface area (Å²) in [4.78, 5) is 39.5. The number of para-hydroxylation sites is 2. The molecule has 1 heterocycles. The van der Waals surface area contributed by atoms with Gasteiger partial charge in [-0.1, -0.05) is 30.3 Å². The van der Waals surface area contributed by atoms with Crippen LogP contribution in [0.25, 0.3) is 0 Å². The van der Waals surface area contributed by atoms with Crippen LogP contribution >= 0.6 is 0 Å². The molecule has 8 heteroatoms. The second-order valence-corrected chi connectivity index (χ2v) is 7.85. The van der Waals surface area contributed by atoms with Gasteiger partial charge in [0.1, 0.15) is 11.6 Å². The van der Waals surface area contributed by atoms with Crippen LogP contribution in [0.4, 0.5) is 15.8 Å². The molecule has 1 aliphatic rings. The molecule has 34 heavy (non-hydrogen) atoms. The number of amides is 3. The predicted molar refractivity (Wildman–Crippen MR) is 126 cm³/mol. The number of anilines is 2. The monoisotopic (exact) mass is 461 g/mol. The van der Waals surface area contributed by atoms with Crippen LogP contribution < -0.4 is 15.4 Å². The number of carbonyl (C=O) groups is 3. The van der Waals surface area contributed by atoms with E-state index in [0.717, 1.165) is 25.9 Å². The Morgan fingerprint density at radius 3 is 2.41 bits per heavy atom. The fraction of sp³-hybridized carbons (Fsp3) is 0.192. The van der Waals surface area contributed by atoms with Gasteiger partial charge in [0.2, 0.25) is 0 Å². The molecule has 174 valence electrons. The number of hydrogen-bond acceptors (Lipinski definition) is 4. The fourth-order valence-electron chi connectivity index (χ4n) is 3.70. The highest BCUT2D eigenvalue weighted by atomic mass is 19.1. The van der Waals surface area contributed by atoms with E-state index < -0.39 is 24.2 Å². The van der Waals surface area contributed by atoms with E-state index in [4.69, 9.17) is 4.74 Å². The molecule has 3 aromatic rings. The Balaban J connectivity index is 1.40. The zero-order chi connectivity index (χ0) is 23.9. The second-order valence-electron chi connectivity index (χ2n) is 7.85. The summed E-state index contributed by atoms with van der Waals surface area (Å²) in [7, 11) is 0. The fourth-order valence-corrected chi connectivity index (χ4v) is 3.70. The molecule has 1 saturated heterocycles. The van der Waals surface area contributed by atoms with E-state index in [1.54, 1.807) is 59.5 Å². The summed E-state index contributed by atoms with van der Waals surface area (Å²) < 4.78 is 19.3. The molecule has 3 aromatic carbocycles. The van der Waals surface area contributed by atoms with Crippen molar-refractivity contribution in [3.05, 3.63) is 89.7 Å². The average molecular weight is 461 g/mol. The van der Waals surface area contributed by atoms with E-state index >= 15 is 0 Å². The lowest BCUT2D eigenvalue weighted by Crippen LogP contribution is -2.27. The minimum absolute atomic E-state index is 0.0467. The van der Waals surface area contributed by atoms with Crippen LogP contribution in [0.5, 0.6) is 5.75 Å². The van der Waals surface area contributed by atoms with Crippen molar-refractivity contribution in [1.82, 2.24) is 4.90 Å². The Bertz CT molecular complexity index is 1210. The maximum absolute atomic E-state index is 13.7. The van der Waals surface area contributed by atoms with Crippen molar-refractivity contribution in [1.29, 1.82) is 0 Å². The van der Waals surface area contributed by atoms with Gasteiger partial charge in [0, 0.05) is 24.3 Å². The first-order valence-corrected chi connectivity index (χ1v) is 11.0. The molecule has 1 aliphatic heterocycles. The van der Waals surface area contributed by atoms with Crippen molar-refractivity contribution in [2.24, 2.45) is 0 Å². The second kappa shape index (κ2) is 10.6. The lowest BCUT2D eigenvalue weighted by atomic mass is 10.1. The first-order chi connectivity index (χ1) is 16.5. The van der Waals surface area contributed by atoms with Crippen molar-refractivity contribution in [3.63, 3.8) is 0 Å². The normalized spacial score (nSPS) is 12.8. The number of carbonyl (C=O) groups excluding carboxylic acids is 3. The van der Waals surface area contributed by atoms with Gasteiger partial charge >= 0.3 is 0 Å². The van der Waals surface area contributed by atoms with E-state index in [-0.39, 0.29) is 22.9 Å². The Morgan fingerprint density at radius 1 is 0.882 bits per heavy atom. The SMILES string of the molecule is O=C(COc1ccccc1C(=O)Nc1cccc(C(=O)N2CCCC2)c1)Nc1ccccc1F. The summed E-state index contributed by atoms with van der Waals surface area (Å²) in [5.74, 6) is -1.42. The summed E-state index contributed by atoms with van der Waals surface area (Å²) in [5, 5.41) is 5.21. The molecule has 0 aromatic heterocycles. The first-order valence-electron chi connectivity index (χ1n) is 11.0. The molecule has 7 nitrogen and oxygen atoms in total. The van der Waals surface area contributed by atoms with Gasteiger partial charge in [-0.15, -0.1) is 0 Å². The van der Waals surface area contributed by atoms with Crippen molar-refractivity contribution >= 4 is 29.1 Å². The summed E-state index contributed by atoms with van der Waals surface area (Å²) in [6.07, 6.45) is 1.99. The van der Waals surface area contributed by atoms with Gasteiger partial charge in [-0.05, 0) is 55.3 Å². The lowest BCUT2D eigenvalue weighted by molar-refractivity contribution is -0.118. The number of nitrogens with zero attached hydrogens (tertiary/aromatic N) is 1. The van der Waals surface area contributed by atoms with Crippen LogP contribution in [0.1, 0.15) is 33.6 Å². The van der Waals surface area contributed by atoms with Crippen LogP contribution in [-0.2, 0) is 4.79 Å². The smallest absolute Gasteiger partial charge is 0.262 e. The number of benzene rings is 3.